The smallest absolute Gasteiger partial charge is 0.207 e. The highest BCUT2D eigenvalue weighted by molar-refractivity contribution is 7.71. The van der Waals surface area contributed by atoms with Crippen molar-refractivity contribution in [2.24, 2.45) is 5.92 Å². The summed E-state index contributed by atoms with van der Waals surface area (Å²) < 4.78 is 4.87. The van der Waals surface area contributed by atoms with Gasteiger partial charge in [0.05, 0.1) is 13.1 Å². The number of benzene rings is 2. The number of rotatable bonds is 4. The summed E-state index contributed by atoms with van der Waals surface area (Å²) in [6.45, 7) is 5.58. The summed E-state index contributed by atoms with van der Waals surface area (Å²) in [6, 6.07) is 20.6. The fourth-order valence-electron chi connectivity index (χ4n) is 3.63. The fourth-order valence-corrected chi connectivity index (χ4v) is 3.93. The molecule has 1 aliphatic rings. The second kappa shape index (κ2) is 7.56. The summed E-state index contributed by atoms with van der Waals surface area (Å²) in [5.41, 5.74) is 2.15. The Morgan fingerprint density at radius 1 is 1.00 bits per heavy atom. The van der Waals surface area contributed by atoms with Crippen molar-refractivity contribution in [1.82, 2.24) is 14.3 Å². The van der Waals surface area contributed by atoms with Crippen LogP contribution in [0.2, 0.25) is 0 Å². The first-order chi connectivity index (χ1) is 12.7. The number of piperidine rings is 1. The molecule has 3 aromatic rings. The van der Waals surface area contributed by atoms with Crippen molar-refractivity contribution in [3.8, 4) is 17.1 Å². The Balaban J connectivity index is 1.75. The second-order valence-electron chi connectivity index (χ2n) is 7.23. The number of nitrogens with one attached hydrogen (secondary N) is 1. The van der Waals surface area contributed by atoms with Crippen LogP contribution in [0.25, 0.3) is 17.1 Å². The zero-order valence-electron chi connectivity index (χ0n) is 15.1. The van der Waals surface area contributed by atoms with Gasteiger partial charge < -0.3 is 4.90 Å². The van der Waals surface area contributed by atoms with Gasteiger partial charge in [0.1, 0.15) is 0 Å². The van der Waals surface area contributed by atoms with Crippen molar-refractivity contribution in [1.29, 1.82) is 0 Å². The van der Waals surface area contributed by atoms with Gasteiger partial charge in [0.15, 0.2) is 12.5 Å². The Labute approximate surface area is 159 Å². The van der Waals surface area contributed by atoms with Crippen molar-refractivity contribution in [3.05, 3.63) is 65.4 Å². The lowest BCUT2D eigenvalue weighted by atomic mass is 10.00. The van der Waals surface area contributed by atoms with Crippen LogP contribution >= 0.6 is 12.2 Å². The number of hydrogen-bond acceptors (Lipinski definition) is 2. The maximum atomic E-state index is 5.84. The Morgan fingerprint density at radius 3 is 2.27 bits per heavy atom. The van der Waals surface area contributed by atoms with Crippen LogP contribution in [0, 0.1) is 10.7 Å². The number of para-hydroxylation sites is 1. The van der Waals surface area contributed by atoms with Gasteiger partial charge in [0, 0.05) is 11.3 Å². The SMILES string of the molecule is CC1CC[NH+](Cn2nc(-c3ccccc3)n(-c3ccccc3)c2=S)CC1. The number of quaternary nitrogens is 1. The predicted molar refractivity (Wildman–Crippen MR) is 107 cm³/mol. The van der Waals surface area contributed by atoms with Gasteiger partial charge in [-0.3, -0.25) is 4.57 Å². The highest BCUT2D eigenvalue weighted by Gasteiger charge is 2.21. The van der Waals surface area contributed by atoms with Crippen LogP contribution < -0.4 is 4.90 Å². The molecule has 1 saturated heterocycles. The van der Waals surface area contributed by atoms with E-state index in [4.69, 9.17) is 17.3 Å². The van der Waals surface area contributed by atoms with Crippen LogP contribution in [-0.2, 0) is 6.67 Å². The molecule has 0 radical (unpaired) electrons. The van der Waals surface area contributed by atoms with Crippen LogP contribution in [0.3, 0.4) is 0 Å². The van der Waals surface area contributed by atoms with E-state index in [1.54, 1.807) is 4.90 Å². The molecule has 4 rings (SSSR count). The molecular weight excluding hydrogens is 340 g/mol. The zero-order chi connectivity index (χ0) is 17.9. The third-order valence-corrected chi connectivity index (χ3v) is 5.63. The minimum Gasteiger partial charge on any atom is -0.316 e. The normalized spacial score (nSPS) is 20.2. The lowest BCUT2D eigenvalue weighted by Gasteiger charge is -2.26. The third-order valence-electron chi connectivity index (χ3n) is 5.24. The van der Waals surface area contributed by atoms with Gasteiger partial charge in [0.25, 0.3) is 0 Å². The predicted octanol–water partition coefficient (Wildman–Crippen LogP) is 3.34. The quantitative estimate of drug-likeness (QED) is 0.718. The molecule has 4 nitrogen and oxygen atoms in total. The second-order valence-corrected chi connectivity index (χ2v) is 7.60. The number of aromatic nitrogens is 3. The maximum Gasteiger partial charge on any atom is 0.207 e. The average Bonchev–Trinajstić information content (AvgIpc) is 3.01. The largest absolute Gasteiger partial charge is 0.316 e. The van der Waals surface area contributed by atoms with Crippen LogP contribution in [0.4, 0.5) is 0 Å². The van der Waals surface area contributed by atoms with Gasteiger partial charge in [-0.25, -0.2) is 0 Å². The molecular formula is C21H25N4S+. The Kier molecular flexibility index (Phi) is 5.00. The molecule has 0 spiro atoms. The molecule has 0 amide bonds. The van der Waals surface area contributed by atoms with Gasteiger partial charge >= 0.3 is 0 Å². The lowest BCUT2D eigenvalue weighted by Crippen LogP contribution is -3.12. The van der Waals surface area contributed by atoms with E-state index in [0.29, 0.717) is 0 Å². The molecule has 0 unspecified atom stereocenters. The van der Waals surface area contributed by atoms with Gasteiger partial charge in [-0.15, -0.1) is 5.10 Å². The van der Waals surface area contributed by atoms with Crippen LogP contribution in [0.5, 0.6) is 0 Å². The molecule has 0 bridgehead atoms. The van der Waals surface area contributed by atoms with Gasteiger partial charge in [-0.2, -0.15) is 4.68 Å². The van der Waals surface area contributed by atoms with Crippen LogP contribution in [0.1, 0.15) is 19.8 Å². The van der Waals surface area contributed by atoms with Crippen molar-refractivity contribution < 1.29 is 4.90 Å². The standard InChI is InChI=1S/C21H24N4S/c1-17-12-14-23(15-13-17)16-24-21(26)25(19-10-6-3-7-11-19)20(22-24)18-8-4-2-5-9-18/h2-11,17H,12-16H2,1H3/p+1. The molecule has 0 saturated carbocycles. The summed E-state index contributed by atoms with van der Waals surface area (Å²) in [5.74, 6) is 1.75. The van der Waals surface area contributed by atoms with E-state index in [0.717, 1.165) is 34.4 Å². The Bertz CT molecular complexity index is 906. The van der Waals surface area contributed by atoms with E-state index in [1.807, 2.05) is 41.1 Å². The lowest BCUT2D eigenvalue weighted by molar-refractivity contribution is -0.929. The molecule has 2 aromatic carbocycles. The molecule has 26 heavy (non-hydrogen) atoms. The molecule has 1 fully saturated rings. The fraction of sp³-hybridized carbons (Fsp3) is 0.333. The summed E-state index contributed by atoms with van der Waals surface area (Å²) in [7, 11) is 0. The number of hydrogen-bond donors (Lipinski definition) is 1. The van der Waals surface area contributed by atoms with E-state index >= 15 is 0 Å². The molecule has 0 aliphatic carbocycles. The van der Waals surface area contributed by atoms with Crippen molar-refractivity contribution in [2.45, 2.75) is 26.4 Å². The van der Waals surface area contributed by atoms with Crippen molar-refractivity contribution in [2.75, 3.05) is 13.1 Å². The van der Waals surface area contributed by atoms with Crippen molar-refractivity contribution >= 4 is 12.2 Å². The molecule has 1 N–H and O–H groups in total. The monoisotopic (exact) mass is 365 g/mol. The van der Waals surface area contributed by atoms with E-state index in [1.165, 1.54) is 25.9 Å². The zero-order valence-corrected chi connectivity index (χ0v) is 16.0. The van der Waals surface area contributed by atoms with E-state index < -0.39 is 0 Å². The topological polar surface area (TPSA) is 27.2 Å². The van der Waals surface area contributed by atoms with Crippen LogP contribution in [0.15, 0.2) is 60.7 Å². The molecule has 134 valence electrons. The van der Waals surface area contributed by atoms with Gasteiger partial charge in [-0.1, -0.05) is 55.5 Å². The summed E-state index contributed by atoms with van der Waals surface area (Å²) in [5, 5.41) is 4.92. The van der Waals surface area contributed by atoms with E-state index in [2.05, 4.69) is 35.8 Å². The Hall–Kier alpha value is -2.24. The molecule has 1 aromatic heterocycles. The molecule has 1 aliphatic heterocycles. The summed E-state index contributed by atoms with van der Waals surface area (Å²) in [6.07, 6.45) is 2.57. The maximum absolute atomic E-state index is 5.84. The van der Waals surface area contributed by atoms with Gasteiger partial charge in [0.2, 0.25) is 4.77 Å². The minimum absolute atomic E-state index is 0.765. The minimum atomic E-state index is 0.765. The molecule has 2 heterocycles. The molecule has 5 heteroatoms. The summed E-state index contributed by atoms with van der Waals surface area (Å²) >= 11 is 5.84. The number of nitrogens with zero attached hydrogens (tertiary/aromatic N) is 3. The van der Waals surface area contributed by atoms with E-state index in [9.17, 15) is 0 Å². The average molecular weight is 366 g/mol. The first-order valence-corrected chi connectivity index (χ1v) is 9.77. The highest BCUT2D eigenvalue weighted by Crippen LogP contribution is 2.22. The molecule has 0 atom stereocenters. The highest BCUT2D eigenvalue weighted by atomic mass is 32.1. The van der Waals surface area contributed by atoms with Crippen molar-refractivity contribution in [3.63, 3.8) is 0 Å². The summed E-state index contributed by atoms with van der Waals surface area (Å²) in [4.78, 5) is 1.57. The first-order valence-electron chi connectivity index (χ1n) is 9.36. The number of likely N-dealkylation sites (tertiary alicyclic amines) is 1. The van der Waals surface area contributed by atoms with E-state index in [-0.39, 0.29) is 0 Å². The van der Waals surface area contributed by atoms with Crippen LogP contribution in [-0.4, -0.2) is 27.4 Å². The first kappa shape index (κ1) is 17.2. The third kappa shape index (κ3) is 3.50. The Morgan fingerprint density at radius 2 is 1.62 bits per heavy atom. The van der Waals surface area contributed by atoms with Gasteiger partial charge in [-0.05, 0) is 43.1 Å².